The molecule has 0 bridgehead atoms. The van der Waals surface area contributed by atoms with Gasteiger partial charge in [0.1, 0.15) is 6.29 Å². The zero-order valence-electron chi connectivity index (χ0n) is 3.16. The van der Waals surface area contributed by atoms with Crippen molar-refractivity contribution < 1.29 is 4.79 Å². The molecule has 0 spiro atoms. The first-order valence-electron chi connectivity index (χ1n) is 1.57. The van der Waals surface area contributed by atoms with Crippen molar-refractivity contribution >= 4 is 31.5 Å². The van der Waals surface area contributed by atoms with Gasteiger partial charge in [0.05, 0.1) is 4.58 Å². The third-order valence-corrected chi connectivity index (χ3v) is 0.729. The molecule has 0 saturated carbocycles. The summed E-state index contributed by atoms with van der Waals surface area (Å²) in [4.78, 5) is 9.52. The quantitative estimate of drug-likeness (QED) is 0.314. The van der Waals surface area contributed by atoms with Crippen molar-refractivity contribution in [1.82, 2.24) is 0 Å². The monoisotopic (exact) mass is 122 g/mol. The van der Waals surface area contributed by atoms with Crippen molar-refractivity contribution in [3.8, 4) is 0 Å². The highest BCUT2D eigenvalue weighted by atomic mass is 32.2. The van der Waals surface area contributed by atoms with Crippen molar-refractivity contribution in [2.24, 2.45) is 0 Å². The summed E-state index contributed by atoms with van der Waals surface area (Å²) in [5, 5.41) is 0. The van der Waals surface area contributed by atoms with Crippen LogP contribution in [0.4, 0.5) is 0 Å². The second-order valence-corrected chi connectivity index (χ2v) is 2.54. The molecule has 36 valence electrons. The molecule has 0 rings (SSSR count). The minimum atomic E-state index is -0.0810. The maximum Gasteiger partial charge on any atom is 0.121 e. The van der Waals surface area contributed by atoms with Crippen LogP contribution in [-0.4, -0.2) is 10.9 Å². The summed E-state index contributed by atoms with van der Waals surface area (Å²) < 4.78 is -0.0810. The molecule has 0 aromatic rings. The first-order chi connectivity index (χ1) is 2.77. The highest BCUT2D eigenvalue weighted by Gasteiger charge is 1.87. The van der Waals surface area contributed by atoms with Gasteiger partial charge in [0.15, 0.2) is 0 Å². The topological polar surface area (TPSA) is 17.1 Å². The summed E-state index contributed by atoms with van der Waals surface area (Å²) in [6.45, 7) is 0. The summed E-state index contributed by atoms with van der Waals surface area (Å²) in [6, 6.07) is 0. The molecule has 0 heterocycles. The van der Waals surface area contributed by atoms with Gasteiger partial charge in [0, 0.05) is 6.42 Å². The summed E-state index contributed by atoms with van der Waals surface area (Å²) in [5.41, 5.74) is 0. The van der Waals surface area contributed by atoms with Crippen LogP contribution in [0.5, 0.6) is 0 Å². The molecule has 6 heavy (non-hydrogen) atoms. The molecular formula is C3H6OS2. The van der Waals surface area contributed by atoms with Crippen LogP contribution in [-0.2, 0) is 4.79 Å². The Morgan fingerprint density at radius 1 is 1.67 bits per heavy atom. The van der Waals surface area contributed by atoms with Gasteiger partial charge in [0.2, 0.25) is 0 Å². The summed E-state index contributed by atoms with van der Waals surface area (Å²) >= 11 is 7.62. The number of aldehydes is 1. The Morgan fingerprint density at radius 3 is 2.17 bits per heavy atom. The Balaban J connectivity index is 2.81. The first kappa shape index (κ1) is 6.37. The van der Waals surface area contributed by atoms with E-state index in [0.717, 1.165) is 6.29 Å². The maximum absolute atomic E-state index is 9.52. The summed E-state index contributed by atoms with van der Waals surface area (Å²) in [5.74, 6) is 0. The molecule has 0 unspecified atom stereocenters. The van der Waals surface area contributed by atoms with Crippen molar-refractivity contribution in [2.75, 3.05) is 0 Å². The van der Waals surface area contributed by atoms with Gasteiger partial charge in [-0.15, -0.1) is 0 Å². The third kappa shape index (κ3) is 4.37. The van der Waals surface area contributed by atoms with E-state index in [1.807, 2.05) is 0 Å². The zero-order valence-corrected chi connectivity index (χ0v) is 4.95. The van der Waals surface area contributed by atoms with Gasteiger partial charge in [-0.25, -0.2) is 0 Å². The third-order valence-electron chi connectivity index (χ3n) is 0.307. The van der Waals surface area contributed by atoms with Gasteiger partial charge in [-0.3, -0.25) is 0 Å². The highest BCUT2D eigenvalue weighted by molar-refractivity contribution is 7.99. The van der Waals surface area contributed by atoms with Crippen LogP contribution < -0.4 is 0 Å². The van der Waals surface area contributed by atoms with E-state index in [1.54, 1.807) is 0 Å². The SMILES string of the molecule is O=CCC(S)S. The van der Waals surface area contributed by atoms with Crippen molar-refractivity contribution in [1.29, 1.82) is 0 Å². The molecule has 0 radical (unpaired) electrons. The summed E-state index contributed by atoms with van der Waals surface area (Å²) in [6.07, 6.45) is 1.22. The van der Waals surface area contributed by atoms with E-state index >= 15 is 0 Å². The number of carbonyl (C=O) groups is 1. The van der Waals surface area contributed by atoms with Crippen LogP contribution in [0.2, 0.25) is 0 Å². The van der Waals surface area contributed by atoms with E-state index < -0.39 is 0 Å². The van der Waals surface area contributed by atoms with E-state index in [9.17, 15) is 4.79 Å². The smallest absolute Gasteiger partial charge is 0.121 e. The number of hydrogen-bond acceptors (Lipinski definition) is 3. The van der Waals surface area contributed by atoms with Crippen LogP contribution in [0, 0.1) is 0 Å². The number of carbonyl (C=O) groups excluding carboxylic acids is 1. The van der Waals surface area contributed by atoms with Crippen LogP contribution >= 0.6 is 25.3 Å². The molecule has 0 aliphatic carbocycles. The molecule has 0 N–H and O–H groups in total. The fourth-order valence-corrected chi connectivity index (χ4v) is 0.258. The van der Waals surface area contributed by atoms with E-state index in [0.29, 0.717) is 6.42 Å². The molecular weight excluding hydrogens is 116 g/mol. The van der Waals surface area contributed by atoms with Gasteiger partial charge in [-0.2, -0.15) is 25.3 Å². The predicted octanol–water partition coefficient (Wildman–Crippen LogP) is 0.761. The number of hydrogen-bond donors (Lipinski definition) is 2. The lowest BCUT2D eigenvalue weighted by molar-refractivity contribution is -0.107. The Hall–Kier alpha value is 0.370. The number of rotatable bonds is 2. The average Bonchev–Trinajstić information content (AvgIpc) is 1.35. The second kappa shape index (κ2) is 3.56. The Morgan fingerprint density at radius 2 is 2.17 bits per heavy atom. The van der Waals surface area contributed by atoms with E-state index in [4.69, 9.17) is 0 Å². The van der Waals surface area contributed by atoms with Crippen LogP contribution in [0.15, 0.2) is 0 Å². The number of thiol groups is 2. The van der Waals surface area contributed by atoms with E-state index in [-0.39, 0.29) is 4.58 Å². The lowest BCUT2D eigenvalue weighted by atomic mass is 10.6. The average molecular weight is 122 g/mol. The van der Waals surface area contributed by atoms with Crippen LogP contribution in [0.25, 0.3) is 0 Å². The Labute approximate surface area is 47.9 Å². The minimum absolute atomic E-state index is 0.0810. The van der Waals surface area contributed by atoms with Gasteiger partial charge in [-0.05, 0) is 0 Å². The molecule has 0 aliphatic heterocycles. The zero-order chi connectivity index (χ0) is 4.99. The van der Waals surface area contributed by atoms with Crippen LogP contribution in [0.3, 0.4) is 0 Å². The van der Waals surface area contributed by atoms with Gasteiger partial charge < -0.3 is 4.79 Å². The molecule has 3 heteroatoms. The molecule has 0 saturated heterocycles. The van der Waals surface area contributed by atoms with E-state index in [2.05, 4.69) is 25.3 Å². The predicted molar refractivity (Wildman–Crippen MR) is 32.4 cm³/mol. The largest absolute Gasteiger partial charge is 0.303 e. The standard InChI is InChI=1S/C3H6OS2/c4-2-1-3(5)6/h2-3,5-6H,1H2. The van der Waals surface area contributed by atoms with Crippen molar-refractivity contribution in [3.63, 3.8) is 0 Å². The fraction of sp³-hybridized carbons (Fsp3) is 0.667. The first-order valence-corrected chi connectivity index (χ1v) is 2.60. The molecule has 0 atom stereocenters. The van der Waals surface area contributed by atoms with Crippen molar-refractivity contribution in [3.05, 3.63) is 0 Å². The molecule has 0 fully saturated rings. The minimum Gasteiger partial charge on any atom is -0.303 e. The van der Waals surface area contributed by atoms with E-state index in [1.165, 1.54) is 0 Å². The molecule has 0 amide bonds. The lowest BCUT2D eigenvalue weighted by Crippen LogP contribution is -1.84. The lowest BCUT2D eigenvalue weighted by Gasteiger charge is -1.88. The van der Waals surface area contributed by atoms with Gasteiger partial charge >= 0.3 is 0 Å². The molecule has 0 aromatic carbocycles. The van der Waals surface area contributed by atoms with Gasteiger partial charge in [0.25, 0.3) is 0 Å². The normalized spacial score (nSPS) is 9.17. The fourth-order valence-electron chi connectivity index (χ4n) is 0.0861. The van der Waals surface area contributed by atoms with Crippen LogP contribution in [0.1, 0.15) is 6.42 Å². The maximum atomic E-state index is 9.52. The Bertz CT molecular complexity index is 44.1. The van der Waals surface area contributed by atoms with Gasteiger partial charge in [-0.1, -0.05) is 0 Å². The molecule has 1 nitrogen and oxygen atoms in total. The molecule has 0 aromatic heterocycles. The highest BCUT2D eigenvalue weighted by Crippen LogP contribution is 2.00. The summed E-state index contributed by atoms with van der Waals surface area (Å²) in [7, 11) is 0. The molecule has 0 aliphatic rings. The second-order valence-electron chi connectivity index (χ2n) is 0.883. The van der Waals surface area contributed by atoms with Crippen molar-refractivity contribution in [2.45, 2.75) is 11.0 Å². The Kier molecular flexibility index (Phi) is 3.78.